The summed E-state index contributed by atoms with van der Waals surface area (Å²) < 4.78 is 10.6. The van der Waals surface area contributed by atoms with Crippen LogP contribution in [0.3, 0.4) is 0 Å². The number of carbonyl (C=O) groups is 1. The topological polar surface area (TPSA) is 35.5 Å². The van der Waals surface area contributed by atoms with E-state index in [-0.39, 0.29) is 5.97 Å². The molecule has 0 radical (unpaired) electrons. The predicted octanol–water partition coefficient (Wildman–Crippen LogP) is 2.80. The van der Waals surface area contributed by atoms with Crippen molar-refractivity contribution >= 4 is 5.97 Å². The van der Waals surface area contributed by atoms with Gasteiger partial charge in [0.05, 0.1) is 0 Å². The molecule has 0 saturated heterocycles. The van der Waals surface area contributed by atoms with Gasteiger partial charge in [0.1, 0.15) is 0 Å². The van der Waals surface area contributed by atoms with Crippen molar-refractivity contribution in [2.75, 3.05) is 7.11 Å². The van der Waals surface area contributed by atoms with Crippen LogP contribution in [0.5, 0.6) is 0 Å². The minimum absolute atomic E-state index is 0.213. The molecule has 1 aliphatic heterocycles. The second-order valence-electron chi connectivity index (χ2n) is 3.93. The molecule has 0 spiro atoms. The molecule has 0 aliphatic carbocycles. The molecule has 1 aliphatic rings. The summed E-state index contributed by atoms with van der Waals surface area (Å²) in [6.45, 7) is 4.16. The van der Waals surface area contributed by atoms with Crippen molar-refractivity contribution in [2.45, 2.75) is 51.7 Å². The minimum Gasteiger partial charge on any atom is -0.426 e. The van der Waals surface area contributed by atoms with Crippen molar-refractivity contribution < 1.29 is 14.3 Å². The minimum atomic E-state index is -0.780. The summed E-state index contributed by atoms with van der Waals surface area (Å²) in [6.07, 6.45) is 6.40. The number of rotatable bonds is 6. The monoisotopic (exact) mass is 212 g/mol. The van der Waals surface area contributed by atoms with Gasteiger partial charge in [0.15, 0.2) is 0 Å². The van der Waals surface area contributed by atoms with Crippen LogP contribution in [0.25, 0.3) is 0 Å². The maximum atomic E-state index is 11.5. The van der Waals surface area contributed by atoms with Gasteiger partial charge in [-0.1, -0.05) is 26.7 Å². The Labute approximate surface area is 91.4 Å². The van der Waals surface area contributed by atoms with Crippen LogP contribution < -0.4 is 0 Å². The van der Waals surface area contributed by atoms with Crippen molar-refractivity contribution in [2.24, 2.45) is 0 Å². The van der Waals surface area contributed by atoms with Gasteiger partial charge in [0, 0.05) is 19.1 Å². The molecule has 0 N–H and O–H groups in total. The summed E-state index contributed by atoms with van der Waals surface area (Å²) in [5.41, 5.74) is 0.760. The number of methoxy groups -OCH3 is 1. The number of hydrogen-bond acceptors (Lipinski definition) is 3. The number of esters is 1. The van der Waals surface area contributed by atoms with E-state index in [2.05, 4.69) is 6.92 Å². The molecule has 0 aromatic heterocycles. The standard InChI is InChI=1S/C12H20O3/c1-4-6-8-12(14-3)9-10(7-5-2)11(13)15-12/h9H,4-8H2,1-3H3. The molecule has 0 saturated carbocycles. The van der Waals surface area contributed by atoms with Crippen molar-refractivity contribution in [1.82, 2.24) is 0 Å². The second-order valence-corrected chi connectivity index (χ2v) is 3.93. The first-order chi connectivity index (χ1) is 7.17. The van der Waals surface area contributed by atoms with Gasteiger partial charge in [-0.05, 0) is 18.9 Å². The Morgan fingerprint density at radius 2 is 2.13 bits per heavy atom. The van der Waals surface area contributed by atoms with E-state index < -0.39 is 5.79 Å². The summed E-state index contributed by atoms with van der Waals surface area (Å²) in [5, 5.41) is 0. The van der Waals surface area contributed by atoms with E-state index in [1.165, 1.54) is 0 Å². The molecular weight excluding hydrogens is 192 g/mol. The van der Waals surface area contributed by atoms with Gasteiger partial charge in [0.25, 0.3) is 0 Å². The molecule has 15 heavy (non-hydrogen) atoms. The van der Waals surface area contributed by atoms with Crippen LogP contribution >= 0.6 is 0 Å². The number of ether oxygens (including phenoxy) is 2. The first kappa shape index (κ1) is 12.2. The Kier molecular flexibility index (Phi) is 4.33. The van der Waals surface area contributed by atoms with E-state index in [4.69, 9.17) is 9.47 Å². The fourth-order valence-electron chi connectivity index (χ4n) is 1.77. The van der Waals surface area contributed by atoms with E-state index >= 15 is 0 Å². The molecule has 86 valence electrons. The molecule has 0 bridgehead atoms. The lowest BCUT2D eigenvalue weighted by molar-refractivity contribution is -0.191. The first-order valence-corrected chi connectivity index (χ1v) is 5.67. The average Bonchev–Trinajstić information content (AvgIpc) is 2.55. The number of cyclic esters (lactones) is 1. The third-order valence-corrected chi connectivity index (χ3v) is 2.67. The Hall–Kier alpha value is -0.830. The number of carbonyl (C=O) groups excluding carboxylic acids is 1. The Morgan fingerprint density at radius 3 is 2.67 bits per heavy atom. The molecule has 0 fully saturated rings. The van der Waals surface area contributed by atoms with Crippen LogP contribution in [0.15, 0.2) is 11.6 Å². The van der Waals surface area contributed by atoms with E-state index in [0.29, 0.717) is 0 Å². The molecule has 0 aromatic rings. The van der Waals surface area contributed by atoms with Crippen LogP contribution in [0.4, 0.5) is 0 Å². The molecule has 3 heteroatoms. The highest BCUT2D eigenvalue weighted by molar-refractivity contribution is 5.91. The second kappa shape index (κ2) is 5.31. The van der Waals surface area contributed by atoms with E-state index in [1.807, 2.05) is 13.0 Å². The SMILES string of the molecule is CCCCC1(OC)C=C(CCC)C(=O)O1. The highest BCUT2D eigenvalue weighted by atomic mass is 16.7. The zero-order valence-corrected chi connectivity index (χ0v) is 9.84. The quantitative estimate of drug-likeness (QED) is 0.635. The fourth-order valence-corrected chi connectivity index (χ4v) is 1.77. The summed E-state index contributed by atoms with van der Waals surface area (Å²) in [6, 6.07) is 0. The van der Waals surface area contributed by atoms with Crippen LogP contribution in [0.1, 0.15) is 46.0 Å². The van der Waals surface area contributed by atoms with Gasteiger partial charge in [0.2, 0.25) is 5.79 Å². The van der Waals surface area contributed by atoms with Crippen LogP contribution in [0, 0.1) is 0 Å². The molecule has 1 unspecified atom stereocenters. The molecule has 3 nitrogen and oxygen atoms in total. The molecule has 0 aromatic carbocycles. The van der Waals surface area contributed by atoms with Gasteiger partial charge >= 0.3 is 5.97 Å². The van der Waals surface area contributed by atoms with Crippen LogP contribution in [-0.4, -0.2) is 18.9 Å². The lowest BCUT2D eigenvalue weighted by atomic mass is 10.1. The molecular formula is C12H20O3. The van der Waals surface area contributed by atoms with E-state index in [1.54, 1.807) is 7.11 Å². The highest BCUT2D eigenvalue weighted by Crippen LogP contribution is 2.32. The van der Waals surface area contributed by atoms with Crippen LogP contribution in [-0.2, 0) is 14.3 Å². The van der Waals surface area contributed by atoms with Crippen molar-refractivity contribution in [3.05, 3.63) is 11.6 Å². The van der Waals surface area contributed by atoms with E-state index in [0.717, 1.165) is 37.7 Å². The Balaban J connectivity index is 2.71. The Morgan fingerprint density at radius 1 is 1.40 bits per heavy atom. The summed E-state index contributed by atoms with van der Waals surface area (Å²) in [5.74, 6) is -0.993. The Bertz CT molecular complexity index is 258. The largest absolute Gasteiger partial charge is 0.426 e. The van der Waals surface area contributed by atoms with Gasteiger partial charge in [-0.2, -0.15) is 0 Å². The maximum absolute atomic E-state index is 11.5. The maximum Gasteiger partial charge on any atom is 0.336 e. The average molecular weight is 212 g/mol. The number of unbranched alkanes of at least 4 members (excludes halogenated alkanes) is 1. The molecule has 0 amide bonds. The molecule has 1 rings (SSSR count). The van der Waals surface area contributed by atoms with Gasteiger partial charge < -0.3 is 9.47 Å². The smallest absolute Gasteiger partial charge is 0.336 e. The number of hydrogen-bond donors (Lipinski definition) is 0. The first-order valence-electron chi connectivity index (χ1n) is 5.67. The lowest BCUT2D eigenvalue weighted by Gasteiger charge is -2.24. The zero-order chi connectivity index (χ0) is 11.3. The van der Waals surface area contributed by atoms with Gasteiger partial charge in [-0.3, -0.25) is 0 Å². The zero-order valence-electron chi connectivity index (χ0n) is 9.84. The van der Waals surface area contributed by atoms with Gasteiger partial charge in [-0.25, -0.2) is 4.79 Å². The van der Waals surface area contributed by atoms with Crippen molar-refractivity contribution in [3.8, 4) is 0 Å². The third-order valence-electron chi connectivity index (χ3n) is 2.67. The van der Waals surface area contributed by atoms with Crippen LogP contribution in [0.2, 0.25) is 0 Å². The summed E-state index contributed by atoms with van der Waals surface area (Å²) in [4.78, 5) is 11.5. The third kappa shape index (κ3) is 2.81. The van der Waals surface area contributed by atoms with Crippen molar-refractivity contribution in [1.29, 1.82) is 0 Å². The van der Waals surface area contributed by atoms with Gasteiger partial charge in [-0.15, -0.1) is 0 Å². The molecule has 1 atom stereocenters. The fraction of sp³-hybridized carbons (Fsp3) is 0.750. The van der Waals surface area contributed by atoms with E-state index in [9.17, 15) is 4.79 Å². The normalized spacial score (nSPS) is 25.3. The molecule has 1 heterocycles. The highest BCUT2D eigenvalue weighted by Gasteiger charge is 2.39. The lowest BCUT2D eigenvalue weighted by Crippen LogP contribution is -2.30. The van der Waals surface area contributed by atoms with Crippen molar-refractivity contribution in [3.63, 3.8) is 0 Å². The summed E-state index contributed by atoms with van der Waals surface area (Å²) in [7, 11) is 1.59. The summed E-state index contributed by atoms with van der Waals surface area (Å²) >= 11 is 0. The predicted molar refractivity (Wildman–Crippen MR) is 58.3 cm³/mol.